The number of carbonyl (C=O) groups is 2. The number of carbonyl (C=O) groups excluding carboxylic acids is 2. The molecule has 0 unspecified atom stereocenters. The van der Waals surface area contributed by atoms with E-state index in [2.05, 4.69) is 10.6 Å². The van der Waals surface area contributed by atoms with Crippen LogP contribution in [0.4, 0.5) is 0 Å². The second-order valence-corrected chi connectivity index (χ2v) is 22.7. The molecule has 396 valence electrons. The molecule has 6 rings (SSSR count). The van der Waals surface area contributed by atoms with E-state index < -0.39 is 44.3 Å². The van der Waals surface area contributed by atoms with E-state index in [0.717, 1.165) is 16.7 Å². The van der Waals surface area contributed by atoms with Crippen LogP contribution in [-0.4, -0.2) is 112 Å². The molecular formula is C58H72N4O10S2. The van der Waals surface area contributed by atoms with E-state index in [9.17, 15) is 36.6 Å². The highest BCUT2D eigenvalue weighted by molar-refractivity contribution is 7.89. The highest BCUT2D eigenvalue weighted by Crippen LogP contribution is 2.24. The Labute approximate surface area is 438 Å². The van der Waals surface area contributed by atoms with Gasteiger partial charge in [-0.1, -0.05) is 132 Å². The molecule has 0 aromatic heterocycles. The maximum absolute atomic E-state index is 13.6. The normalized spacial score (nSPS) is 13.4. The highest BCUT2D eigenvalue weighted by Gasteiger charge is 2.33. The summed E-state index contributed by atoms with van der Waals surface area (Å²) in [4.78, 5) is 26.5. The fourth-order valence-corrected chi connectivity index (χ4v) is 11.5. The molecule has 74 heavy (non-hydrogen) atoms. The van der Waals surface area contributed by atoms with Crippen LogP contribution in [-0.2, 0) is 39.3 Å². The van der Waals surface area contributed by atoms with Gasteiger partial charge in [-0.2, -0.15) is 8.61 Å². The lowest BCUT2D eigenvalue weighted by molar-refractivity contribution is 0.0772. The van der Waals surface area contributed by atoms with E-state index in [0.29, 0.717) is 41.9 Å². The van der Waals surface area contributed by atoms with Gasteiger partial charge in [0.05, 0.1) is 48.3 Å². The number of ether oxygens (including phenoxy) is 2. The van der Waals surface area contributed by atoms with E-state index in [1.165, 1.54) is 47.1 Å². The maximum atomic E-state index is 13.6. The van der Waals surface area contributed by atoms with Crippen LogP contribution in [0.15, 0.2) is 174 Å². The lowest BCUT2D eigenvalue weighted by Gasteiger charge is -2.31. The third-order valence-corrected chi connectivity index (χ3v) is 15.8. The first-order chi connectivity index (χ1) is 35.4. The standard InChI is InChI=1S/C30H38N2O5S.C28H34N2O5S/c1-5-24-13-9-10-14-27(24)30(34)31-28(19-23-11-7-6-8-12-23)29(33)21-32(20-22(2)3)38(35,36)26-17-15-25(37-4)16-18-26;1-21(2)19-30(36(33,34)25-16-14-24(35-3)15-17-25)20-27(31)26(18-22-10-6-4-7-11-22)29-28(32)23-12-8-5-9-13-23/h6-18,22,28-29,33H,5,19-21H2,1-4H3,(H,31,34);4-17,21,26-27,31H,18-20H2,1-3H3,(H,29,32)/t28-,29+;26-,27+/m00/s1. The maximum Gasteiger partial charge on any atom is 0.251 e. The Balaban J connectivity index is 0.000000274. The topological polar surface area (TPSA) is 192 Å². The molecular weight excluding hydrogens is 977 g/mol. The molecule has 0 aliphatic rings. The number of amides is 2. The largest absolute Gasteiger partial charge is 0.497 e. The van der Waals surface area contributed by atoms with Crippen LogP contribution in [0.1, 0.15) is 72.0 Å². The molecule has 4 N–H and O–H groups in total. The third kappa shape index (κ3) is 17.1. The van der Waals surface area contributed by atoms with Gasteiger partial charge in [0.25, 0.3) is 11.8 Å². The summed E-state index contributed by atoms with van der Waals surface area (Å²) >= 11 is 0. The number of aliphatic hydroxyl groups excluding tert-OH is 2. The summed E-state index contributed by atoms with van der Waals surface area (Å²) in [6.45, 7) is 9.77. The number of methoxy groups -OCH3 is 2. The monoisotopic (exact) mass is 1050 g/mol. The van der Waals surface area contributed by atoms with Gasteiger partial charge in [0.15, 0.2) is 0 Å². The molecule has 0 bridgehead atoms. The molecule has 4 atom stereocenters. The number of nitrogens with zero attached hydrogens (tertiary/aromatic N) is 2. The van der Waals surface area contributed by atoms with Crippen molar-refractivity contribution in [2.45, 2.75) is 88.0 Å². The minimum absolute atomic E-state index is 0.0221. The molecule has 0 spiro atoms. The minimum Gasteiger partial charge on any atom is -0.497 e. The molecule has 6 aromatic carbocycles. The summed E-state index contributed by atoms with van der Waals surface area (Å²) in [6.07, 6.45) is -0.916. The number of nitrogens with one attached hydrogen (secondary N) is 2. The minimum atomic E-state index is -3.91. The van der Waals surface area contributed by atoms with Crippen molar-refractivity contribution in [2.24, 2.45) is 11.8 Å². The zero-order chi connectivity index (χ0) is 53.8. The number of rotatable bonds is 25. The molecule has 14 nitrogen and oxygen atoms in total. The zero-order valence-electron chi connectivity index (χ0n) is 43.4. The van der Waals surface area contributed by atoms with Gasteiger partial charge in [-0.05, 0) is 115 Å². The Hall–Kier alpha value is -6.40. The van der Waals surface area contributed by atoms with Gasteiger partial charge in [-0.25, -0.2) is 16.8 Å². The number of benzene rings is 6. The van der Waals surface area contributed by atoms with Gasteiger partial charge in [0, 0.05) is 37.3 Å². The smallest absolute Gasteiger partial charge is 0.251 e. The van der Waals surface area contributed by atoms with Crippen molar-refractivity contribution in [1.29, 1.82) is 0 Å². The number of hydrogen-bond donors (Lipinski definition) is 4. The first kappa shape index (κ1) is 58.5. The predicted molar refractivity (Wildman–Crippen MR) is 290 cm³/mol. The molecule has 2 amide bonds. The average Bonchev–Trinajstić information content (AvgIpc) is 3.40. The summed E-state index contributed by atoms with van der Waals surface area (Å²) in [5.41, 5.74) is 3.76. The Morgan fingerprint density at radius 1 is 0.500 bits per heavy atom. The summed E-state index contributed by atoms with van der Waals surface area (Å²) < 4.78 is 67.1. The zero-order valence-corrected chi connectivity index (χ0v) is 45.0. The lowest BCUT2D eigenvalue weighted by atomic mass is 9.99. The van der Waals surface area contributed by atoms with Crippen molar-refractivity contribution in [2.75, 3.05) is 40.4 Å². The fraction of sp³-hybridized carbons (Fsp3) is 0.345. The predicted octanol–water partition coefficient (Wildman–Crippen LogP) is 8.05. The van der Waals surface area contributed by atoms with E-state index in [1.807, 2.05) is 120 Å². The summed E-state index contributed by atoms with van der Waals surface area (Å²) in [7, 11) is -4.77. The van der Waals surface area contributed by atoms with Crippen LogP contribution < -0.4 is 20.1 Å². The molecule has 6 aromatic rings. The van der Waals surface area contributed by atoms with Gasteiger partial charge in [0.1, 0.15) is 11.5 Å². The average molecular weight is 1050 g/mol. The van der Waals surface area contributed by atoms with Crippen LogP contribution in [0.2, 0.25) is 0 Å². The van der Waals surface area contributed by atoms with Gasteiger partial charge in [-0.3, -0.25) is 9.59 Å². The third-order valence-electron chi connectivity index (χ3n) is 12.2. The molecule has 16 heteroatoms. The Morgan fingerprint density at radius 2 is 0.865 bits per heavy atom. The molecule has 0 radical (unpaired) electrons. The van der Waals surface area contributed by atoms with Crippen LogP contribution in [0.25, 0.3) is 0 Å². The van der Waals surface area contributed by atoms with E-state index in [1.54, 1.807) is 54.6 Å². The number of hydrogen-bond acceptors (Lipinski definition) is 10. The van der Waals surface area contributed by atoms with Crippen molar-refractivity contribution in [3.05, 3.63) is 192 Å². The quantitative estimate of drug-likeness (QED) is 0.0436. The second-order valence-electron chi connectivity index (χ2n) is 18.8. The van der Waals surface area contributed by atoms with E-state index in [4.69, 9.17) is 9.47 Å². The first-order valence-electron chi connectivity index (χ1n) is 24.8. The Kier molecular flexibility index (Phi) is 22.4. The molecule has 0 aliphatic heterocycles. The Bertz CT molecular complexity index is 2870. The van der Waals surface area contributed by atoms with Gasteiger partial charge >= 0.3 is 0 Å². The van der Waals surface area contributed by atoms with Gasteiger partial charge in [0.2, 0.25) is 20.0 Å². The van der Waals surface area contributed by atoms with Crippen molar-refractivity contribution >= 4 is 31.9 Å². The van der Waals surface area contributed by atoms with Crippen LogP contribution >= 0.6 is 0 Å². The van der Waals surface area contributed by atoms with Crippen LogP contribution in [0.5, 0.6) is 11.5 Å². The second kappa shape index (κ2) is 28.3. The lowest BCUT2D eigenvalue weighted by Crippen LogP contribution is -2.51. The van der Waals surface area contributed by atoms with Crippen molar-refractivity contribution in [3.8, 4) is 11.5 Å². The molecule has 0 fully saturated rings. The molecule has 0 aliphatic carbocycles. The summed E-state index contributed by atoms with van der Waals surface area (Å²) in [5.74, 6) is 0.527. The van der Waals surface area contributed by atoms with E-state index >= 15 is 0 Å². The summed E-state index contributed by atoms with van der Waals surface area (Å²) in [5, 5.41) is 28.6. The fourth-order valence-electron chi connectivity index (χ4n) is 8.26. The van der Waals surface area contributed by atoms with E-state index in [-0.39, 0.29) is 59.6 Å². The van der Waals surface area contributed by atoms with Crippen LogP contribution in [0.3, 0.4) is 0 Å². The van der Waals surface area contributed by atoms with Gasteiger partial charge < -0.3 is 30.3 Å². The van der Waals surface area contributed by atoms with Crippen molar-refractivity contribution in [1.82, 2.24) is 19.2 Å². The van der Waals surface area contributed by atoms with Crippen molar-refractivity contribution < 1.29 is 46.1 Å². The Morgan fingerprint density at radius 3 is 1.24 bits per heavy atom. The first-order valence-corrected chi connectivity index (χ1v) is 27.7. The molecule has 0 saturated heterocycles. The molecule has 0 saturated carbocycles. The van der Waals surface area contributed by atoms with Gasteiger partial charge in [-0.15, -0.1) is 0 Å². The van der Waals surface area contributed by atoms with Crippen molar-refractivity contribution in [3.63, 3.8) is 0 Å². The summed E-state index contributed by atoms with van der Waals surface area (Å²) in [6, 6.07) is 46.1. The SMILES string of the molecule is CCc1ccccc1C(=O)N[C@@H](Cc1ccccc1)[C@H](O)CN(CC(C)C)S(=O)(=O)c1ccc(OC)cc1.COc1ccc(S(=O)(=O)N(CC(C)C)C[C@@H](O)[C@H](Cc2ccccc2)NC(=O)c2ccccc2)cc1. The highest BCUT2D eigenvalue weighted by atomic mass is 32.2. The number of aryl methyl sites for hydroxylation is 1. The van der Waals surface area contributed by atoms with Crippen LogP contribution in [0, 0.1) is 11.8 Å². The number of aliphatic hydroxyl groups is 2. The molecule has 0 heterocycles. The number of sulfonamides is 2.